The SMILES string of the molecule is Cn1cc(C(=O)N2CCC[C@@H](c3nn(C)c(=O)n3-c3ccccc3)C2)nn1. The molecule has 0 radical (unpaired) electrons. The van der Waals surface area contributed by atoms with Gasteiger partial charge in [0, 0.05) is 33.1 Å². The molecule has 1 atom stereocenters. The van der Waals surface area contributed by atoms with E-state index >= 15 is 0 Å². The minimum Gasteiger partial charge on any atom is -0.336 e. The Bertz CT molecular complexity index is 1020. The van der Waals surface area contributed by atoms with Crippen molar-refractivity contribution in [3.8, 4) is 5.69 Å². The number of carbonyl (C=O) groups is 1. The Morgan fingerprint density at radius 3 is 2.67 bits per heavy atom. The standard InChI is InChI=1S/C18H21N7O2/c1-22-12-15(19-21-22)17(26)24-10-6-7-13(11-24)16-20-23(2)18(27)25(16)14-8-4-3-5-9-14/h3-5,8-9,12-13H,6-7,10-11H2,1-2H3/t13-/m1/s1. The molecule has 1 fully saturated rings. The summed E-state index contributed by atoms with van der Waals surface area (Å²) in [5, 5.41) is 12.2. The number of nitrogens with zero attached hydrogens (tertiary/aromatic N) is 7. The number of rotatable bonds is 3. The molecule has 9 nitrogen and oxygen atoms in total. The van der Waals surface area contributed by atoms with Crippen molar-refractivity contribution in [3.63, 3.8) is 0 Å². The van der Waals surface area contributed by atoms with E-state index in [9.17, 15) is 9.59 Å². The average Bonchev–Trinajstić information content (AvgIpc) is 3.25. The van der Waals surface area contributed by atoms with Crippen LogP contribution < -0.4 is 5.69 Å². The van der Waals surface area contributed by atoms with E-state index in [-0.39, 0.29) is 17.5 Å². The summed E-state index contributed by atoms with van der Waals surface area (Å²) in [5.41, 5.74) is 0.927. The zero-order valence-electron chi connectivity index (χ0n) is 15.3. The third kappa shape index (κ3) is 3.16. The highest BCUT2D eigenvalue weighted by Gasteiger charge is 2.31. The zero-order chi connectivity index (χ0) is 19.0. The van der Waals surface area contributed by atoms with Crippen LogP contribution in [0.1, 0.15) is 35.1 Å². The first-order valence-electron chi connectivity index (χ1n) is 8.91. The molecule has 1 saturated heterocycles. The maximum atomic E-state index is 12.7. The number of piperidine rings is 1. The van der Waals surface area contributed by atoms with E-state index in [0.717, 1.165) is 18.5 Å². The maximum absolute atomic E-state index is 12.7. The van der Waals surface area contributed by atoms with Crippen LogP contribution >= 0.6 is 0 Å². The van der Waals surface area contributed by atoms with Crippen molar-refractivity contribution >= 4 is 5.91 Å². The monoisotopic (exact) mass is 367 g/mol. The lowest BCUT2D eigenvalue weighted by Gasteiger charge is -2.31. The Labute approximate surface area is 155 Å². The molecule has 140 valence electrons. The molecule has 3 heterocycles. The van der Waals surface area contributed by atoms with Gasteiger partial charge in [-0.05, 0) is 25.0 Å². The van der Waals surface area contributed by atoms with E-state index in [2.05, 4.69) is 15.4 Å². The molecule has 9 heteroatoms. The summed E-state index contributed by atoms with van der Waals surface area (Å²) in [6.45, 7) is 1.16. The Morgan fingerprint density at radius 1 is 1.19 bits per heavy atom. The molecule has 0 bridgehead atoms. The molecule has 0 saturated carbocycles. The van der Waals surface area contributed by atoms with Crippen LogP contribution in [0.5, 0.6) is 0 Å². The van der Waals surface area contributed by atoms with E-state index < -0.39 is 0 Å². The van der Waals surface area contributed by atoms with Gasteiger partial charge in [0.1, 0.15) is 5.82 Å². The second-order valence-electron chi connectivity index (χ2n) is 6.80. The molecule has 0 aliphatic carbocycles. The number of para-hydroxylation sites is 1. The summed E-state index contributed by atoms with van der Waals surface area (Å²) < 4.78 is 4.51. The van der Waals surface area contributed by atoms with Crippen molar-refractivity contribution in [3.05, 3.63) is 58.5 Å². The molecule has 27 heavy (non-hydrogen) atoms. The molecule has 0 unspecified atom stereocenters. The summed E-state index contributed by atoms with van der Waals surface area (Å²) >= 11 is 0. The number of amides is 1. The molecule has 1 aliphatic rings. The number of hydrogen-bond donors (Lipinski definition) is 0. The molecule has 1 amide bonds. The fourth-order valence-corrected chi connectivity index (χ4v) is 3.55. The number of benzene rings is 1. The highest BCUT2D eigenvalue weighted by Crippen LogP contribution is 2.27. The number of likely N-dealkylation sites (tertiary alicyclic amines) is 1. The fourth-order valence-electron chi connectivity index (χ4n) is 3.55. The van der Waals surface area contributed by atoms with E-state index in [1.807, 2.05) is 30.3 Å². The summed E-state index contributed by atoms with van der Waals surface area (Å²) in [5.74, 6) is 0.524. The highest BCUT2D eigenvalue weighted by atomic mass is 16.2. The predicted octanol–water partition coefficient (Wildman–Crippen LogP) is 0.719. The van der Waals surface area contributed by atoms with Crippen molar-refractivity contribution in [1.82, 2.24) is 34.2 Å². The Balaban J connectivity index is 1.65. The van der Waals surface area contributed by atoms with E-state index in [1.165, 1.54) is 9.36 Å². The van der Waals surface area contributed by atoms with Crippen LogP contribution in [0.25, 0.3) is 5.69 Å². The second-order valence-corrected chi connectivity index (χ2v) is 6.80. The zero-order valence-corrected chi connectivity index (χ0v) is 15.3. The van der Waals surface area contributed by atoms with Gasteiger partial charge in [0.05, 0.1) is 11.9 Å². The first-order chi connectivity index (χ1) is 13.0. The average molecular weight is 367 g/mol. The number of hydrogen-bond acceptors (Lipinski definition) is 5. The number of carbonyl (C=O) groups excluding carboxylic acids is 1. The molecule has 0 spiro atoms. The molecule has 1 aliphatic heterocycles. The molecular formula is C18H21N7O2. The fraction of sp³-hybridized carbons (Fsp3) is 0.389. The van der Waals surface area contributed by atoms with Gasteiger partial charge >= 0.3 is 5.69 Å². The summed E-state index contributed by atoms with van der Waals surface area (Å²) in [7, 11) is 3.38. The second kappa shape index (κ2) is 6.82. The lowest BCUT2D eigenvalue weighted by molar-refractivity contribution is 0.0697. The summed E-state index contributed by atoms with van der Waals surface area (Å²) in [6, 6.07) is 9.47. The van der Waals surface area contributed by atoms with E-state index in [4.69, 9.17) is 0 Å². The van der Waals surface area contributed by atoms with Gasteiger partial charge in [0.25, 0.3) is 5.91 Å². The molecule has 3 aromatic rings. The topological polar surface area (TPSA) is 90.8 Å². The molecule has 4 rings (SSSR count). The van der Waals surface area contributed by atoms with Crippen LogP contribution in [0.3, 0.4) is 0 Å². The minimum absolute atomic E-state index is 0.0199. The van der Waals surface area contributed by atoms with Gasteiger partial charge in [-0.25, -0.2) is 14.0 Å². The van der Waals surface area contributed by atoms with Crippen LogP contribution in [0.15, 0.2) is 41.3 Å². The normalized spacial score (nSPS) is 17.3. The Kier molecular flexibility index (Phi) is 4.35. The molecule has 2 aromatic heterocycles. The van der Waals surface area contributed by atoms with Crippen molar-refractivity contribution in [1.29, 1.82) is 0 Å². The van der Waals surface area contributed by atoms with Crippen LogP contribution in [0.4, 0.5) is 0 Å². The van der Waals surface area contributed by atoms with Crippen LogP contribution in [0.2, 0.25) is 0 Å². The van der Waals surface area contributed by atoms with Gasteiger partial charge in [-0.2, -0.15) is 5.10 Å². The lowest BCUT2D eigenvalue weighted by Crippen LogP contribution is -2.40. The smallest absolute Gasteiger partial charge is 0.336 e. The third-order valence-corrected chi connectivity index (χ3v) is 4.86. The number of aromatic nitrogens is 6. The summed E-state index contributed by atoms with van der Waals surface area (Å²) in [6.07, 6.45) is 3.33. The van der Waals surface area contributed by atoms with Gasteiger partial charge in [-0.3, -0.25) is 9.48 Å². The maximum Gasteiger partial charge on any atom is 0.350 e. The molecule has 1 aromatic carbocycles. The first kappa shape index (κ1) is 17.2. The van der Waals surface area contributed by atoms with Crippen LogP contribution in [0, 0.1) is 0 Å². The van der Waals surface area contributed by atoms with Crippen molar-refractivity contribution < 1.29 is 4.79 Å². The van der Waals surface area contributed by atoms with E-state index in [1.54, 1.807) is 29.8 Å². The van der Waals surface area contributed by atoms with Gasteiger partial charge < -0.3 is 4.90 Å². The largest absolute Gasteiger partial charge is 0.350 e. The number of aryl methyl sites for hydroxylation is 2. The van der Waals surface area contributed by atoms with Gasteiger partial charge in [0.15, 0.2) is 5.69 Å². The highest BCUT2D eigenvalue weighted by molar-refractivity contribution is 5.92. The van der Waals surface area contributed by atoms with Crippen LogP contribution in [-0.4, -0.2) is 53.2 Å². The van der Waals surface area contributed by atoms with Crippen LogP contribution in [-0.2, 0) is 14.1 Å². The minimum atomic E-state index is -0.187. The Morgan fingerprint density at radius 2 is 1.96 bits per heavy atom. The van der Waals surface area contributed by atoms with Crippen molar-refractivity contribution in [2.24, 2.45) is 14.1 Å². The summed E-state index contributed by atoms with van der Waals surface area (Å²) in [4.78, 5) is 27.1. The van der Waals surface area contributed by atoms with Gasteiger partial charge in [-0.1, -0.05) is 23.4 Å². The van der Waals surface area contributed by atoms with Gasteiger partial charge in [0.2, 0.25) is 0 Å². The van der Waals surface area contributed by atoms with Crippen molar-refractivity contribution in [2.45, 2.75) is 18.8 Å². The molecule has 0 N–H and O–H groups in total. The first-order valence-corrected chi connectivity index (χ1v) is 8.91. The van der Waals surface area contributed by atoms with Crippen molar-refractivity contribution in [2.75, 3.05) is 13.1 Å². The van der Waals surface area contributed by atoms with E-state index in [0.29, 0.717) is 24.6 Å². The van der Waals surface area contributed by atoms with Gasteiger partial charge in [-0.15, -0.1) is 5.10 Å². The predicted molar refractivity (Wildman–Crippen MR) is 97.7 cm³/mol. The quantitative estimate of drug-likeness (QED) is 0.680. The Hall–Kier alpha value is -3.23. The lowest BCUT2D eigenvalue weighted by atomic mass is 9.96. The third-order valence-electron chi connectivity index (χ3n) is 4.86. The molecular weight excluding hydrogens is 346 g/mol.